The molecule has 0 unspecified atom stereocenters. The van der Waals surface area contributed by atoms with Crippen molar-refractivity contribution in [1.29, 1.82) is 0 Å². The first-order chi connectivity index (χ1) is 11.8. The second-order valence-electron chi connectivity index (χ2n) is 6.03. The van der Waals surface area contributed by atoms with E-state index in [1.807, 2.05) is 27.7 Å². The van der Waals surface area contributed by atoms with Crippen molar-refractivity contribution < 1.29 is 9.53 Å². The Bertz CT molecular complexity index is 899. The minimum absolute atomic E-state index is 0.0855. The molecule has 124 valence electrons. The Balaban J connectivity index is 1.82. The number of fused-ring (bicyclic) bond motifs is 3. The standard InChI is InChI=1S/C17H19N5O2/c1-24-9-8-22-11-18-16-15(22)13-10-12(4-5-14(13)19-20-16)17(23)21-6-2-3-7-21/h4-5,10-11H,2-3,6-9H2,1H3. The van der Waals surface area contributed by atoms with Crippen LogP contribution < -0.4 is 0 Å². The van der Waals surface area contributed by atoms with E-state index in [-0.39, 0.29) is 5.91 Å². The predicted molar refractivity (Wildman–Crippen MR) is 89.8 cm³/mol. The molecule has 24 heavy (non-hydrogen) atoms. The molecule has 2 aromatic heterocycles. The zero-order valence-electron chi connectivity index (χ0n) is 13.6. The first kappa shape index (κ1) is 15.0. The fourth-order valence-corrected chi connectivity index (χ4v) is 3.23. The van der Waals surface area contributed by atoms with Crippen LogP contribution in [0.1, 0.15) is 23.2 Å². The van der Waals surface area contributed by atoms with E-state index in [4.69, 9.17) is 4.74 Å². The van der Waals surface area contributed by atoms with Crippen LogP contribution >= 0.6 is 0 Å². The second-order valence-corrected chi connectivity index (χ2v) is 6.03. The number of benzene rings is 1. The maximum Gasteiger partial charge on any atom is 0.253 e. The third kappa shape index (κ3) is 2.50. The summed E-state index contributed by atoms with van der Waals surface area (Å²) in [5.74, 6) is 0.0855. The van der Waals surface area contributed by atoms with Crippen LogP contribution in [0.15, 0.2) is 24.5 Å². The lowest BCUT2D eigenvalue weighted by molar-refractivity contribution is 0.0793. The van der Waals surface area contributed by atoms with Crippen molar-refractivity contribution in [1.82, 2.24) is 24.6 Å². The maximum atomic E-state index is 12.7. The number of hydrogen-bond acceptors (Lipinski definition) is 5. The number of imidazole rings is 1. The summed E-state index contributed by atoms with van der Waals surface area (Å²) in [4.78, 5) is 18.9. The normalized spacial score (nSPS) is 14.8. The minimum Gasteiger partial charge on any atom is -0.383 e. The SMILES string of the molecule is COCCn1cnc2nnc3ccc(C(=O)N4CCCC4)cc3c21. The van der Waals surface area contributed by atoms with Gasteiger partial charge in [0, 0.05) is 37.7 Å². The van der Waals surface area contributed by atoms with Gasteiger partial charge < -0.3 is 14.2 Å². The van der Waals surface area contributed by atoms with Crippen LogP contribution in [0.5, 0.6) is 0 Å². The van der Waals surface area contributed by atoms with E-state index >= 15 is 0 Å². The lowest BCUT2D eigenvalue weighted by Gasteiger charge is -2.15. The zero-order chi connectivity index (χ0) is 16.5. The number of carbonyl (C=O) groups is 1. The first-order valence-corrected chi connectivity index (χ1v) is 8.17. The fraction of sp³-hybridized carbons (Fsp3) is 0.412. The Morgan fingerprint density at radius 1 is 1.25 bits per heavy atom. The molecule has 0 bridgehead atoms. The fourth-order valence-electron chi connectivity index (χ4n) is 3.23. The molecule has 1 aliphatic rings. The van der Waals surface area contributed by atoms with Gasteiger partial charge >= 0.3 is 0 Å². The van der Waals surface area contributed by atoms with Crippen molar-refractivity contribution in [3.8, 4) is 0 Å². The van der Waals surface area contributed by atoms with Crippen LogP contribution in [0.4, 0.5) is 0 Å². The summed E-state index contributed by atoms with van der Waals surface area (Å²) in [6, 6.07) is 5.61. The molecule has 0 spiro atoms. The largest absolute Gasteiger partial charge is 0.383 e. The van der Waals surface area contributed by atoms with E-state index in [0.717, 1.165) is 42.4 Å². The molecule has 7 nitrogen and oxygen atoms in total. The summed E-state index contributed by atoms with van der Waals surface area (Å²) < 4.78 is 7.16. The average Bonchev–Trinajstić information content (AvgIpc) is 3.28. The molecule has 0 atom stereocenters. The van der Waals surface area contributed by atoms with Gasteiger partial charge in [-0.25, -0.2) is 4.98 Å². The highest BCUT2D eigenvalue weighted by Gasteiger charge is 2.20. The lowest BCUT2D eigenvalue weighted by Crippen LogP contribution is -2.27. The van der Waals surface area contributed by atoms with Gasteiger partial charge in [0.15, 0.2) is 0 Å². The third-order valence-corrected chi connectivity index (χ3v) is 4.50. The van der Waals surface area contributed by atoms with E-state index in [9.17, 15) is 4.79 Å². The van der Waals surface area contributed by atoms with Gasteiger partial charge in [0.25, 0.3) is 5.91 Å². The number of amides is 1. The van der Waals surface area contributed by atoms with E-state index in [0.29, 0.717) is 24.4 Å². The highest BCUT2D eigenvalue weighted by molar-refractivity contribution is 6.05. The smallest absolute Gasteiger partial charge is 0.253 e. The van der Waals surface area contributed by atoms with Crippen molar-refractivity contribution in [2.45, 2.75) is 19.4 Å². The van der Waals surface area contributed by atoms with Gasteiger partial charge in [-0.1, -0.05) is 0 Å². The molecule has 7 heteroatoms. The molecule has 1 saturated heterocycles. The van der Waals surface area contributed by atoms with Crippen LogP contribution in [0.25, 0.3) is 22.1 Å². The second kappa shape index (κ2) is 6.16. The molecular weight excluding hydrogens is 306 g/mol. The Labute approximate surface area is 139 Å². The highest BCUT2D eigenvalue weighted by Crippen LogP contribution is 2.24. The molecule has 4 rings (SSSR count). The number of rotatable bonds is 4. The van der Waals surface area contributed by atoms with E-state index in [1.165, 1.54) is 0 Å². The van der Waals surface area contributed by atoms with Crippen LogP contribution in [0.3, 0.4) is 0 Å². The van der Waals surface area contributed by atoms with Crippen LogP contribution in [0.2, 0.25) is 0 Å². The monoisotopic (exact) mass is 325 g/mol. The van der Waals surface area contributed by atoms with E-state index in [1.54, 1.807) is 13.4 Å². The van der Waals surface area contributed by atoms with Crippen molar-refractivity contribution in [3.05, 3.63) is 30.1 Å². The number of likely N-dealkylation sites (tertiary alicyclic amines) is 1. The molecule has 1 aromatic carbocycles. The molecule has 1 aliphatic heterocycles. The molecule has 1 fully saturated rings. The topological polar surface area (TPSA) is 73.1 Å². The number of carbonyl (C=O) groups excluding carboxylic acids is 1. The van der Waals surface area contributed by atoms with Gasteiger partial charge in [-0.2, -0.15) is 0 Å². The van der Waals surface area contributed by atoms with Gasteiger partial charge in [0.2, 0.25) is 5.65 Å². The van der Waals surface area contributed by atoms with Gasteiger partial charge in [-0.3, -0.25) is 4.79 Å². The number of methoxy groups -OCH3 is 1. The summed E-state index contributed by atoms with van der Waals surface area (Å²) in [6.45, 7) is 2.94. The minimum atomic E-state index is 0.0855. The Kier molecular flexibility index (Phi) is 3.86. The molecular formula is C17H19N5O2. The summed E-state index contributed by atoms with van der Waals surface area (Å²) in [5.41, 5.74) is 2.94. The Morgan fingerprint density at radius 2 is 2.08 bits per heavy atom. The first-order valence-electron chi connectivity index (χ1n) is 8.17. The highest BCUT2D eigenvalue weighted by atomic mass is 16.5. The number of ether oxygens (including phenoxy) is 1. The van der Waals surface area contributed by atoms with Crippen LogP contribution in [-0.2, 0) is 11.3 Å². The number of hydrogen-bond donors (Lipinski definition) is 0. The van der Waals surface area contributed by atoms with Crippen molar-refractivity contribution >= 4 is 28.0 Å². The lowest BCUT2D eigenvalue weighted by atomic mass is 10.1. The molecule has 0 N–H and O–H groups in total. The van der Waals surface area contributed by atoms with Gasteiger partial charge in [0.05, 0.1) is 24.0 Å². The Hall–Kier alpha value is -2.54. The average molecular weight is 325 g/mol. The molecule has 3 aromatic rings. The van der Waals surface area contributed by atoms with Gasteiger partial charge in [-0.15, -0.1) is 10.2 Å². The summed E-state index contributed by atoms with van der Waals surface area (Å²) in [6.07, 6.45) is 3.91. The van der Waals surface area contributed by atoms with Crippen molar-refractivity contribution in [2.75, 3.05) is 26.8 Å². The molecule has 0 aliphatic carbocycles. The van der Waals surface area contributed by atoms with E-state index in [2.05, 4.69) is 15.2 Å². The van der Waals surface area contributed by atoms with Crippen LogP contribution in [-0.4, -0.2) is 57.4 Å². The van der Waals surface area contributed by atoms with E-state index < -0.39 is 0 Å². The third-order valence-electron chi connectivity index (χ3n) is 4.50. The summed E-state index contributed by atoms with van der Waals surface area (Å²) in [5, 5.41) is 9.29. The quantitative estimate of drug-likeness (QED) is 0.732. The van der Waals surface area contributed by atoms with Crippen LogP contribution in [0, 0.1) is 0 Å². The number of nitrogens with zero attached hydrogens (tertiary/aromatic N) is 5. The van der Waals surface area contributed by atoms with Gasteiger partial charge in [0.1, 0.15) is 0 Å². The molecule has 1 amide bonds. The zero-order valence-corrected chi connectivity index (χ0v) is 13.6. The predicted octanol–water partition coefficient (Wildman–Crippen LogP) is 1.86. The maximum absolute atomic E-state index is 12.7. The van der Waals surface area contributed by atoms with Gasteiger partial charge in [-0.05, 0) is 31.0 Å². The van der Waals surface area contributed by atoms with Crippen molar-refractivity contribution in [2.24, 2.45) is 0 Å². The molecule has 3 heterocycles. The number of aromatic nitrogens is 4. The van der Waals surface area contributed by atoms with Crippen molar-refractivity contribution in [3.63, 3.8) is 0 Å². The molecule has 0 saturated carbocycles. The molecule has 0 radical (unpaired) electrons. The Morgan fingerprint density at radius 3 is 2.88 bits per heavy atom. The summed E-state index contributed by atoms with van der Waals surface area (Å²) in [7, 11) is 1.67. The summed E-state index contributed by atoms with van der Waals surface area (Å²) >= 11 is 0.